The van der Waals surface area contributed by atoms with Crippen LogP contribution in [0.3, 0.4) is 0 Å². The van der Waals surface area contributed by atoms with Crippen molar-refractivity contribution < 1.29 is 27.8 Å². The molecule has 3 rings (SSSR count). The van der Waals surface area contributed by atoms with Gasteiger partial charge in [-0.3, -0.25) is 9.59 Å². The molecule has 1 aliphatic rings. The molecule has 1 aliphatic heterocycles. The van der Waals surface area contributed by atoms with Gasteiger partial charge in [-0.1, -0.05) is 17.7 Å². The van der Waals surface area contributed by atoms with E-state index < -0.39 is 23.6 Å². The summed E-state index contributed by atoms with van der Waals surface area (Å²) in [5.41, 5.74) is 0.865. The van der Waals surface area contributed by atoms with Crippen molar-refractivity contribution in [1.29, 1.82) is 0 Å². The Labute approximate surface area is 177 Å². The normalized spacial score (nSPS) is 17.1. The number of nitrogens with zero attached hydrogens (tertiary/aromatic N) is 1. The van der Waals surface area contributed by atoms with Crippen molar-refractivity contribution >= 4 is 29.1 Å². The first-order chi connectivity index (χ1) is 14.2. The van der Waals surface area contributed by atoms with Crippen molar-refractivity contribution in [1.82, 2.24) is 5.32 Å². The zero-order chi connectivity index (χ0) is 22.0. The topological polar surface area (TPSA) is 67.9 Å². The van der Waals surface area contributed by atoms with E-state index in [9.17, 15) is 18.4 Å². The summed E-state index contributed by atoms with van der Waals surface area (Å²) >= 11 is 6.19. The van der Waals surface area contributed by atoms with Crippen molar-refractivity contribution in [2.45, 2.75) is 19.4 Å². The van der Waals surface area contributed by atoms with E-state index in [-0.39, 0.29) is 24.8 Å². The molecule has 6 nitrogen and oxygen atoms in total. The van der Waals surface area contributed by atoms with Gasteiger partial charge in [-0.15, -0.1) is 0 Å². The lowest BCUT2D eigenvalue weighted by atomic mass is 10.0. The molecule has 0 aliphatic carbocycles. The molecule has 0 unspecified atom stereocenters. The molecule has 0 bridgehead atoms. The van der Waals surface area contributed by atoms with Gasteiger partial charge in [0.1, 0.15) is 11.5 Å². The maximum atomic E-state index is 13.5. The van der Waals surface area contributed by atoms with Crippen molar-refractivity contribution in [3.8, 4) is 11.5 Å². The first-order valence-corrected chi connectivity index (χ1v) is 9.60. The largest absolute Gasteiger partial charge is 0.495 e. The number of nitrogens with one attached hydrogen (secondary N) is 1. The molecule has 1 heterocycles. The fourth-order valence-corrected chi connectivity index (χ4v) is 3.60. The highest BCUT2D eigenvalue weighted by atomic mass is 35.5. The first kappa shape index (κ1) is 21.8. The Bertz CT molecular complexity index is 986. The molecule has 1 N–H and O–H groups in total. The number of benzene rings is 2. The first-order valence-electron chi connectivity index (χ1n) is 9.22. The van der Waals surface area contributed by atoms with E-state index in [0.717, 1.165) is 12.1 Å². The molecule has 30 heavy (non-hydrogen) atoms. The molecule has 0 radical (unpaired) electrons. The molecule has 160 valence electrons. The third-order valence-electron chi connectivity index (χ3n) is 5.04. The van der Waals surface area contributed by atoms with Crippen LogP contribution in [0.25, 0.3) is 0 Å². The summed E-state index contributed by atoms with van der Waals surface area (Å²) in [5.74, 6) is -2.38. The van der Waals surface area contributed by atoms with Crippen LogP contribution in [0.5, 0.6) is 11.5 Å². The van der Waals surface area contributed by atoms with Gasteiger partial charge in [-0.05, 0) is 30.7 Å². The summed E-state index contributed by atoms with van der Waals surface area (Å²) in [6.45, 7) is 1.79. The van der Waals surface area contributed by atoms with Gasteiger partial charge in [-0.25, -0.2) is 8.78 Å². The van der Waals surface area contributed by atoms with Crippen LogP contribution in [0.2, 0.25) is 5.02 Å². The molecule has 2 aromatic rings. The number of carbonyl (C=O) groups excluding carboxylic acids is 2. The van der Waals surface area contributed by atoms with E-state index >= 15 is 0 Å². The lowest BCUT2D eigenvalue weighted by Gasteiger charge is -2.21. The lowest BCUT2D eigenvalue weighted by Crippen LogP contribution is -2.34. The average molecular weight is 439 g/mol. The highest BCUT2D eigenvalue weighted by Crippen LogP contribution is 2.40. The molecule has 9 heteroatoms. The number of methoxy groups -OCH3 is 2. The number of amides is 2. The Morgan fingerprint density at radius 1 is 1.17 bits per heavy atom. The van der Waals surface area contributed by atoms with Gasteiger partial charge < -0.3 is 19.7 Å². The second-order valence-corrected chi connectivity index (χ2v) is 7.38. The van der Waals surface area contributed by atoms with Gasteiger partial charge in [0, 0.05) is 19.0 Å². The fraction of sp³-hybridized carbons (Fsp3) is 0.333. The van der Waals surface area contributed by atoms with Gasteiger partial charge in [0.05, 0.1) is 36.9 Å². The Balaban J connectivity index is 1.74. The van der Waals surface area contributed by atoms with Crippen molar-refractivity contribution in [3.63, 3.8) is 0 Å². The average Bonchev–Trinajstić information content (AvgIpc) is 3.11. The lowest BCUT2D eigenvalue weighted by molar-refractivity contribution is -0.126. The number of halogens is 3. The number of carbonyl (C=O) groups is 2. The smallest absolute Gasteiger partial charge is 0.227 e. The van der Waals surface area contributed by atoms with Crippen LogP contribution in [-0.4, -0.2) is 32.6 Å². The van der Waals surface area contributed by atoms with Crippen LogP contribution in [0.15, 0.2) is 30.3 Å². The predicted molar refractivity (Wildman–Crippen MR) is 108 cm³/mol. The molecule has 2 aromatic carbocycles. The molecular weight excluding hydrogens is 418 g/mol. The maximum absolute atomic E-state index is 13.5. The molecule has 1 saturated heterocycles. The minimum Gasteiger partial charge on any atom is -0.495 e. The number of anilines is 1. The second-order valence-electron chi connectivity index (χ2n) is 6.97. The number of hydrogen-bond acceptors (Lipinski definition) is 4. The summed E-state index contributed by atoms with van der Waals surface area (Å²) in [5, 5.41) is 3.06. The van der Waals surface area contributed by atoms with Gasteiger partial charge in [0.25, 0.3) is 0 Å². The van der Waals surface area contributed by atoms with Crippen molar-refractivity contribution in [3.05, 3.63) is 52.6 Å². The second kappa shape index (κ2) is 8.87. The summed E-state index contributed by atoms with van der Waals surface area (Å²) in [6, 6.07) is 6.02. The SMILES string of the molecule is COc1cc(OC)c(N2C[C@@H](C(=O)N[C@@H](C)c3ccc(F)c(F)c3)CC2=O)cc1Cl. The van der Waals surface area contributed by atoms with E-state index in [1.165, 1.54) is 25.2 Å². The van der Waals surface area contributed by atoms with E-state index in [0.29, 0.717) is 27.8 Å². The molecular formula is C21H21ClF2N2O4. The molecule has 2 amide bonds. The van der Waals surface area contributed by atoms with Crippen LogP contribution < -0.4 is 19.7 Å². The highest BCUT2D eigenvalue weighted by molar-refractivity contribution is 6.32. The van der Waals surface area contributed by atoms with Crippen LogP contribution >= 0.6 is 11.6 Å². The standard InChI is InChI=1S/C21H21ClF2N2O4/c1-11(12-4-5-15(23)16(24)6-12)25-21(28)13-7-20(27)26(10-13)17-8-14(22)18(29-2)9-19(17)30-3/h4-6,8-9,11,13H,7,10H2,1-3H3,(H,25,28)/t11-,13-/m0/s1. The van der Waals surface area contributed by atoms with Gasteiger partial charge >= 0.3 is 0 Å². The minimum absolute atomic E-state index is 0.00311. The Morgan fingerprint density at radius 3 is 2.50 bits per heavy atom. The Morgan fingerprint density at radius 2 is 1.87 bits per heavy atom. The molecule has 2 atom stereocenters. The van der Waals surface area contributed by atoms with Gasteiger partial charge in [-0.2, -0.15) is 0 Å². The zero-order valence-electron chi connectivity index (χ0n) is 16.7. The number of ether oxygens (including phenoxy) is 2. The van der Waals surface area contributed by atoms with Crippen LogP contribution in [0.4, 0.5) is 14.5 Å². The fourth-order valence-electron chi connectivity index (χ4n) is 3.37. The van der Waals surface area contributed by atoms with Crippen LogP contribution in [-0.2, 0) is 9.59 Å². The number of hydrogen-bond donors (Lipinski definition) is 1. The van der Waals surface area contributed by atoms with E-state index in [1.807, 2.05) is 0 Å². The summed E-state index contributed by atoms with van der Waals surface area (Å²) in [7, 11) is 2.93. The van der Waals surface area contributed by atoms with Gasteiger partial charge in [0.2, 0.25) is 11.8 Å². The highest BCUT2D eigenvalue weighted by Gasteiger charge is 2.37. The van der Waals surface area contributed by atoms with Crippen molar-refractivity contribution in [2.24, 2.45) is 5.92 Å². The summed E-state index contributed by atoms with van der Waals surface area (Å²) in [4.78, 5) is 26.7. The summed E-state index contributed by atoms with van der Waals surface area (Å²) < 4.78 is 37.1. The summed E-state index contributed by atoms with van der Waals surface area (Å²) in [6.07, 6.45) is 0.00311. The quantitative estimate of drug-likeness (QED) is 0.743. The Hall–Kier alpha value is -2.87. The molecule has 0 saturated carbocycles. The van der Waals surface area contributed by atoms with Crippen LogP contribution in [0.1, 0.15) is 24.9 Å². The number of rotatable bonds is 6. The Kier molecular flexibility index (Phi) is 6.45. The maximum Gasteiger partial charge on any atom is 0.227 e. The molecule has 1 fully saturated rings. The van der Waals surface area contributed by atoms with E-state index in [2.05, 4.69) is 5.32 Å². The third-order valence-corrected chi connectivity index (χ3v) is 5.34. The predicted octanol–water partition coefficient (Wildman–Crippen LogP) is 3.87. The monoisotopic (exact) mass is 438 g/mol. The molecule has 0 spiro atoms. The van der Waals surface area contributed by atoms with Gasteiger partial charge in [0.15, 0.2) is 11.6 Å². The third kappa shape index (κ3) is 4.33. The molecule has 0 aromatic heterocycles. The zero-order valence-corrected chi connectivity index (χ0v) is 17.4. The minimum atomic E-state index is -0.987. The van der Waals surface area contributed by atoms with E-state index in [1.54, 1.807) is 19.1 Å². The van der Waals surface area contributed by atoms with Crippen LogP contribution in [0, 0.1) is 17.6 Å². The van der Waals surface area contributed by atoms with E-state index in [4.69, 9.17) is 21.1 Å². The van der Waals surface area contributed by atoms with Crippen molar-refractivity contribution in [2.75, 3.05) is 25.7 Å².